The van der Waals surface area contributed by atoms with Crippen molar-refractivity contribution in [2.24, 2.45) is 5.92 Å². The molecule has 1 aliphatic rings. The third-order valence-corrected chi connectivity index (χ3v) is 4.59. The van der Waals surface area contributed by atoms with E-state index in [1.807, 2.05) is 0 Å². The maximum absolute atomic E-state index is 14.0. The average molecular weight is 345 g/mol. The zero-order chi connectivity index (χ0) is 17.8. The van der Waals surface area contributed by atoms with E-state index in [2.05, 4.69) is 10.2 Å². The number of carbonyl (C=O) groups excluding carboxylic acids is 1. The molecule has 132 valence electrons. The van der Waals surface area contributed by atoms with Crippen molar-refractivity contribution >= 4 is 5.91 Å². The molecule has 0 radical (unpaired) electrons. The number of carbonyl (C=O) groups is 1. The molecule has 2 atom stereocenters. The number of halogens is 1. The Labute approximate surface area is 144 Å². The molecule has 1 N–H and O–H groups in total. The first-order valence-electron chi connectivity index (χ1n) is 8.19. The molecule has 6 nitrogen and oxygen atoms in total. The first kappa shape index (κ1) is 17.3. The van der Waals surface area contributed by atoms with Gasteiger partial charge in [-0.1, -0.05) is 18.2 Å². The maximum atomic E-state index is 14.0. The summed E-state index contributed by atoms with van der Waals surface area (Å²) in [4.78, 5) is 25.4. The van der Waals surface area contributed by atoms with E-state index in [9.17, 15) is 14.0 Å². The van der Waals surface area contributed by atoms with Crippen molar-refractivity contribution in [2.75, 3.05) is 20.2 Å². The second-order valence-electron chi connectivity index (χ2n) is 6.18. The van der Waals surface area contributed by atoms with Gasteiger partial charge in [-0.3, -0.25) is 9.59 Å². The zero-order valence-electron chi connectivity index (χ0n) is 13.9. The molecule has 1 amide bonds. The summed E-state index contributed by atoms with van der Waals surface area (Å²) in [5.41, 5.74) is 0.457. The minimum atomic E-state index is -0.355. The van der Waals surface area contributed by atoms with E-state index in [0.717, 1.165) is 0 Å². The van der Waals surface area contributed by atoms with Crippen LogP contribution in [0.15, 0.2) is 41.2 Å². The molecule has 1 aliphatic heterocycles. The molecule has 1 fully saturated rings. The first-order chi connectivity index (χ1) is 12.1. The van der Waals surface area contributed by atoms with Crippen molar-refractivity contribution in [1.82, 2.24) is 15.1 Å². The summed E-state index contributed by atoms with van der Waals surface area (Å²) >= 11 is 0. The molecule has 3 rings (SSSR count). The number of hydrogen-bond donors (Lipinski definition) is 1. The Hall–Kier alpha value is -2.54. The minimum Gasteiger partial charge on any atom is -0.381 e. The normalized spacial score (nSPS) is 20.5. The number of hydrogen-bond acceptors (Lipinski definition) is 4. The Morgan fingerprint density at radius 3 is 2.84 bits per heavy atom. The standard InChI is InChI=1S/C18H20FN3O3/c1-25-16-8-9-22(18(24)15-6-7-17(23)21-20-15)11-13(16)10-12-4-2-3-5-14(12)19/h2-7,13,16H,8-11H2,1H3,(H,21,23)/t13-,16-/m1/s1. The van der Waals surface area contributed by atoms with Crippen LogP contribution in [0.4, 0.5) is 4.39 Å². The third kappa shape index (κ3) is 3.93. The Morgan fingerprint density at radius 2 is 2.16 bits per heavy atom. The van der Waals surface area contributed by atoms with Crippen LogP contribution in [-0.2, 0) is 11.2 Å². The van der Waals surface area contributed by atoms with E-state index in [4.69, 9.17) is 4.74 Å². The van der Waals surface area contributed by atoms with Gasteiger partial charge in [-0.2, -0.15) is 5.10 Å². The van der Waals surface area contributed by atoms with Crippen LogP contribution in [0.3, 0.4) is 0 Å². The summed E-state index contributed by atoms with van der Waals surface area (Å²) in [5, 5.41) is 6.07. The third-order valence-electron chi connectivity index (χ3n) is 4.59. The highest BCUT2D eigenvalue weighted by atomic mass is 19.1. The fourth-order valence-electron chi connectivity index (χ4n) is 3.27. The van der Waals surface area contributed by atoms with Crippen molar-refractivity contribution in [3.05, 3.63) is 63.8 Å². The van der Waals surface area contributed by atoms with Gasteiger partial charge in [-0.25, -0.2) is 9.49 Å². The second-order valence-corrected chi connectivity index (χ2v) is 6.18. The Bertz CT molecular complexity index is 788. The van der Waals surface area contributed by atoms with Gasteiger partial charge in [-0.05, 0) is 30.5 Å². The van der Waals surface area contributed by atoms with E-state index in [0.29, 0.717) is 31.5 Å². The molecular weight excluding hydrogens is 325 g/mol. The summed E-state index contributed by atoms with van der Waals surface area (Å²) in [7, 11) is 1.64. The van der Waals surface area contributed by atoms with E-state index >= 15 is 0 Å². The van der Waals surface area contributed by atoms with Gasteiger partial charge in [0, 0.05) is 32.2 Å². The van der Waals surface area contributed by atoms with E-state index in [1.54, 1.807) is 30.2 Å². The SMILES string of the molecule is CO[C@@H]1CCN(C(=O)c2ccc(=O)[nH]n2)C[C@H]1Cc1ccccc1F. The van der Waals surface area contributed by atoms with Gasteiger partial charge < -0.3 is 9.64 Å². The smallest absolute Gasteiger partial charge is 0.274 e. The number of H-pyrrole nitrogens is 1. The van der Waals surface area contributed by atoms with Crippen LogP contribution in [0.2, 0.25) is 0 Å². The molecule has 0 bridgehead atoms. The van der Waals surface area contributed by atoms with E-state index < -0.39 is 0 Å². The van der Waals surface area contributed by atoms with Gasteiger partial charge in [0.05, 0.1) is 6.10 Å². The highest BCUT2D eigenvalue weighted by Crippen LogP contribution is 2.25. The quantitative estimate of drug-likeness (QED) is 0.914. The Kier molecular flexibility index (Phi) is 5.23. The topological polar surface area (TPSA) is 75.3 Å². The van der Waals surface area contributed by atoms with Gasteiger partial charge in [0.15, 0.2) is 0 Å². The highest BCUT2D eigenvalue weighted by Gasteiger charge is 2.32. The summed E-state index contributed by atoms with van der Waals surface area (Å²) in [6.07, 6.45) is 1.13. The Morgan fingerprint density at radius 1 is 1.36 bits per heavy atom. The summed E-state index contributed by atoms with van der Waals surface area (Å²) in [5.74, 6) is -0.505. The molecule has 1 saturated heterocycles. The van der Waals surface area contributed by atoms with Crippen molar-refractivity contribution in [2.45, 2.75) is 18.9 Å². The zero-order valence-corrected chi connectivity index (χ0v) is 13.9. The van der Waals surface area contributed by atoms with Crippen molar-refractivity contribution in [3.63, 3.8) is 0 Å². The Balaban J connectivity index is 1.75. The molecule has 2 heterocycles. The highest BCUT2D eigenvalue weighted by molar-refractivity contribution is 5.92. The van der Waals surface area contributed by atoms with E-state index in [1.165, 1.54) is 18.2 Å². The van der Waals surface area contributed by atoms with Crippen LogP contribution < -0.4 is 5.56 Å². The number of likely N-dealkylation sites (tertiary alicyclic amines) is 1. The lowest BCUT2D eigenvalue weighted by Crippen LogP contribution is -2.47. The fourth-order valence-corrected chi connectivity index (χ4v) is 3.27. The molecule has 0 unspecified atom stereocenters. The monoisotopic (exact) mass is 345 g/mol. The lowest BCUT2D eigenvalue weighted by Gasteiger charge is -2.37. The van der Waals surface area contributed by atoms with Crippen LogP contribution in [0.1, 0.15) is 22.5 Å². The molecule has 25 heavy (non-hydrogen) atoms. The molecule has 0 saturated carbocycles. The van der Waals surface area contributed by atoms with Gasteiger partial charge in [0.1, 0.15) is 11.5 Å². The largest absolute Gasteiger partial charge is 0.381 e. The number of ether oxygens (including phenoxy) is 1. The van der Waals surface area contributed by atoms with Crippen LogP contribution in [0, 0.1) is 11.7 Å². The van der Waals surface area contributed by atoms with Crippen molar-refractivity contribution in [3.8, 4) is 0 Å². The number of methoxy groups -OCH3 is 1. The average Bonchev–Trinajstić information content (AvgIpc) is 2.63. The van der Waals surface area contributed by atoms with Gasteiger partial charge >= 0.3 is 0 Å². The van der Waals surface area contributed by atoms with Gasteiger partial charge in [-0.15, -0.1) is 0 Å². The molecular formula is C18H20FN3O3. The van der Waals surface area contributed by atoms with Gasteiger partial charge in [0.25, 0.3) is 11.5 Å². The van der Waals surface area contributed by atoms with Crippen molar-refractivity contribution < 1.29 is 13.9 Å². The molecule has 1 aromatic carbocycles. The summed E-state index contributed by atoms with van der Waals surface area (Å²) < 4.78 is 19.5. The molecule has 7 heteroatoms. The molecule has 2 aromatic rings. The van der Waals surface area contributed by atoms with Crippen LogP contribution in [-0.4, -0.2) is 47.3 Å². The minimum absolute atomic E-state index is 0.0117. The fraction of sp³-hybridized carbons (Fsp3) is 0.389. The lowest BCUT2D eigenvalue weighted by molar-refractivity contribution is -0.00342. The van der Waals surface area contributed by atoms with Crippen molar-refractivity contribution in [1.29, 1.82) is 0 Å². The van der Waals surface area contributed by atoms with Crippen LogP contribution in [0.25, 0.3) is 0 Å². The van der Waals surface area contributed by atoms with Gasteiger partial charge in [0.2, 0.25) is 0 Å². The number of aromatic amines is 1. The second kappa shape index (κ2) is 7.57. The molecule has 0 aliphatic carbocycles. The number of aromatic nitrogens is 2. The van der Waals surface area contributed by atoms with Crippen LogP contribution in [0.5, 0.6) is 0 Å². The van der Waals surface area contributed by atoms with Crippen LogP contribution >= 0.6 is 0 Å². The molecule has 0 spiro atoms. The lowest BCUT2D eigenvalue weighted by atomic mass is 9.88. The number of piperidine rings is 1. The number of nitrogens with one attached hydrogen (secondary N) is 1. The number of benzene rings is 1. The first-order valence-corrected chi connectivity index (χ1v) is 8.19. The number of rotatable bonds is 4. The summed E-state index contributed by atoms with van der Waals surface area (Å²) in [6.45, 7) is 0.985. The molecule has 1 aromatic heterocycles. The number of amides is 1. The number of nitrogens with zero attached hydrogens (tertiary/aromatic N) is 2. The van der Waals surface area contributed by atoms with E-state index in [-0.39, 0.29) is 35.0 Å². The maximum Gasteiger partial charge on any atom is 0.274 e. The summed E-state index contributed by atoms with van der Waals surface area (Å²) in [6, 6.07) is 9.34. The predicted molar refractivity (Wildman–Crippen MR) is 89.8 cm³/mol. The predicted octanol–water partition coefficient (Wildman–Crippen LogP) is 1.63.